The summed E-state index contributed by atoms with van der Waals surface area (Å²) in [6, 6.07) is 6.21. The fourth-order valence-corrected chi connectivity index (χ4v) is 3.79. The van der Waals surface area contributed by atoms with E-state index in [1.165, 1.54) is 11.3 Å². The van der Waals surface area contributed by atoms with Crippen LogP contribution < -0.4 is 10.9 Å². The van der Waals surface area contributed by atoms with Crippen molar-refractivity contribution in [2.24, 2.45) is 0 Å². The number of hydrogen-bond donors (Lipinski definition) is 3. The Morgan fingerprint density at radius 1 is 1.26 bits per heavy atom. The summed E-state index contributed by atoms with van der Waals surface area (Å²) in [5.41, 5.74) is 5.18. The average molecular weight is 401 g/mol. The van der Waals surface area contributed by atoms with Gasteiger partial charge in [0.2, 0.25) is 5.91 Å². The van der Waals surface area contributed by atoms with Crippen LogP contribution in [0.5, 0.6) is 0 Å². The Morgan fingerprint density at radius 3 is 2.78 bits per heavy atom. The number of rotatable bonds is 5. The smallest absolute Gasteiger partial charge is 0.255 e. The summed E-state index contributed by atoms with van der Waals surface area (Å²) in [4.78, 5) is 34.2. The molecule has 27 heavy (non-hydrogen) atoms. The van der Waals surface area contributed by atoms with Crippen molar-refractivity contribution in [2.75, 3.05) is 5.32 Å². The summed E-state index contributed by atoms with van der Waals surface area (Å²) in [6.45, 7) is 5.85. The second kappa shape index (κ2) is 7.98. The molecule has 140 valence electrons. The molecule has 8 heteroatoms. The number of amides is 1. The lowest BCUT2D eigenvalue weighted by Crippen LogP contribution is -2.19. The number of anilines is 1. The van der Waals surface area contributed by atoms with Crippen molar-refractivity contribution in [2.45, 2.75) is 33.6 Å². The number of carbonyl (C=O) groups is 1. The van der Waals surface area contributed by atoms with Crippen LogP contribution >= 0.6 is 23.6 Å². The molecular formula is C19H20N4O2S2. The Labute approximate surface area is 165 Å². The minimum Gasteiger partial charge on any atom is -0.336 e. The Kier molecular flexibility index (Phi) is 5.67. The van der Waals surface area contributed by atoms with E-state index in [0.717, 1.165) is 22.4 Å². The quantitative estimate of drug-likeness (QED) is 0.564. The first kappa shape index (κ1) is 19.2. The lowest BCUT2D eigenvalue weighted by atomic mass is 10.0. The standard InChI is InChI=1S/C19H20N4O2S2/c1-10-4-5-11(2)14(8-10)15-9-27-19(21-15)22-16(24)7-6-13-12(3)20-18(26)23-17(13)25/h4-5,8-9H,6-7H2,1-3H3,(H,21,22,24)(H2,20,23,25,26). The summed E-state index contributed by atoms with van der Waals surface area (Å²) >= 11 is 6.32. The number of aromatic nitrogens is 3. The average Bonchev–Trinajstić information content (AvgIpc) is 3.04. The maximum absolute atomic E-state index is 12.3. The number of H-pyrrole nitrogens is 2. The first-order chi connectivity index (χ1) is 12.8. The Balaban J connectivity index is 1.67. The molecular weight excluding hydrogens is 380 g/mol. The van der Waals surface area contributed by atoms with Gasteiger partial charge in [-0.05, 0) is 51.0 Å². The number of carbonyl (C=O) groups excluding carboxylic acids is 1. The van der Waals surface area contributed by atoms with Crippen molar-refractivity contribution in [3.63, 3.8) is 0 Å². The van der Waals surface area contributed by atoms with Gasteiger partial charge in [-0.1, -0.05) is 17.7 Å². The molecule has 0 spiro atoms. The van der Waals surface area contributed by atoms with Crippen LogP contribution in [0.25, 0.3) is 11.3 Å². The third kappa shape index (κ3) is 4.58. The SMILES string of the molecule is Cc1ccc(C)c(-c2csc(NC(=O)CCc3c(C)[nH]c(=S)[nH]c3=O)n2)c1. The van der Waals surface area contributed by atoms with Gasteiger partial charge in [-0.25, -0.2) is 4.98 Å². The summed E-state index contributed by atoms with van der Waals surface area (Å²) in [6.07, 6.45) is 0.515. The molecule has 0 aliphatic heterocycles. The van der Waals surface area contributed by atoms with Crippen molar-refractivity contribution < 1.29 is 4.79 Å². The molecule has 0 saturated heterocycles. The van der Waals surface area contributed by atoms with Crippen LogP contribution in [0.1, 0.15) is 28.8 Å². The summed E-state index contributed by atoms with van der Waals surface area (Å²) < 4.78 is 0.285. The van der Waals surface area contributed by atoms with E-state index < -0.39 is 0 Å². The molecule has 1 amide bonds. The monoisotopic (exact) mass is 400 g/mol. The molecule has 3 rings (SSSR count). The summed E-state index contributed by atoms with van der Waals surface area (Å²) in [5, 5.41) is 5.30. The van der Waals surface area contributed by atoms with Crippen LogP contribution in [0.2, 0.25) is 0 Å². The maximum Gasteiger partial charge on any atom is 0.255 e. The number of aryl methyl sites for hydroxylation is 3. The zero-order valence-corrected chi connectivity index (χ0v) is 16.9. The van der Waals surface area contributed by atoms with Gasteiger partial charge in [0.25, 0.3) is 5.56 Å². The van der Waals surface area contributed by atoms with Crippen molar-refractivity contribution in [3.8, 4) is 11.3 Å². The molecule has 0 aliphatic carbocycles. The predicted molar refractivity (Wildman–Crippen MR) is 111 cm³/mol. The largest absolute Gasteiger partial charge is 0.336 e. The van der Waals surface area contributed by atoms with Crippen LogP contribution in [-0.2, 0) is 11.2 Å². The van der Waals surface area contributed by atoms with Gasteiger partial charge in [0, 0.05) is 28.6 Å². The zero-order valence-electron chi connectivity index (χ0n) is 15.3. The van der Waals surface area contributed by atoms with E-state index in [4.69, 9.17) is 12.2 Å². The first-order valence-electron chi connectivity index (χ1n) is 8.48. The van der Waals surface area contributed by atoms with Crippen LogP contribution in [0, 0.1) is 25.5 Å². The summed E-state index contributed by atoms with van der Waals surface area (Å²) in [7, 11) is 0. The zero-order chi connectivity index (χ0) is 19.6. The molecule has 2 aromatic heterocycles. The third-order valence-corrected chi connectivity index (χ3v) is 5.24. The minimum absolute atomic E-state index is 0.182. The van der Waals surface area contributed by atoms with Gasteiger partial charge in [-0.2, -0.15) is 0 Å². The molecule has 6 nitrogen and oxygen atoms in total. The van der Waals surface area contributed by atoms with E-state index in [2.05, 4.69) is 38.5 Å². The van der Waals surface area contributed by atoms with Gasteiger partial charge >= 0.3 is 0 Å². The molecule has 3 aromatic rings. The molecule has 0 unspecified atom stereocenters. The molecule has 0 radical (unpaired) electrons. The molecule has 1 aromatic carbocycles. The molecule has 0 bridgehead atoms. The van der Waals surface area contributed by atoms with Crippen molar-refractivity contribution in [1.29, 1.82) is 0 Å². The van der Waals surface area contributed by atoms with Crippen molar-refractivity contribution in [1.82, 2.24) is 15.0 Å². The third-order valence-electron chi connectivity index (χ3n) is 4.28. The van der Waals surface area contributed by atoms with E-state index in [0.29, 0.717) is 22.8 Å². The van der Waals surface area contributed by atoms with E-state index in [1.54, 1.807) is 6.92 Å². The van der Waals surface area contributed by atoms with Gasteiger partial charge < -0.3 is 10.3 Å². The predicted octanol–water partition coefficient (Wildman–Crippen LogP) is 4.05. The van der Waals surface area contributed by atoms with Gasteiger partial charge in [-0.15, -0.1) is 11.3 Å². The van der Waals surface area contributed by atoms with Crippen LogP contribution in [0.4, 0.5) is 5.13 Å². The molecule has 2 heterocycles. The highest BCUT2D eigenvalue weighted by atomic mass is 32.1. The fraction of sp³-hybridized carbons (Fsp3) is 0.263. The van der Waals surface area contributed by atoms with E-state index in [1.807, 2.05) is 19.2 Å². The fourth-order valence-electron chi connectivity index (χ4n) is 2.81. The summed E-state index contributed by atoms with van der Waals surface area (Å²) in [5.74, 6) is -0.182. The normalized spacial score (nSPS) is 10.8. The second-order valence-corrected chi connectivity index (χ2v) is 7.68. The Morgan fingerprint density at radius 2 is 2.04 bits per heavy atom. The van der Waals surface area contributed by atoms with Crippen LogP contribution in [-0.4, -0.2) is 20.9 Å². The topological polar surface area (TPSA) is 90.6 Å². The molecule has 0 atom stereocenters. The lowest BCUT2D eigenvalue weighted by Gasteiger charge is -2.05. The van der Waals surface area contributed by atoms with Gasteiger partial charge in [-0.3, -0.25) is 14.6 Å². The van der Waals surface area contributed by atoms with E-state index in [9.17, 15) is 9.59 Å². The second-order valence-electron chi connectivity index (χ2n) is 6.42. The van der Waals surface area contributed by atoms with Gasteiger partial charge in [0.1, 0.15) is 0 Å². The molecule has 0 saturated carbocycles. The highest BCUT2D eigenvalue weighted by molar-refractivity contribution is 7.71. The molecule has 3 N–H and O–H groups in total. The van der Waals surface area contributed by atoms with E-state index >= 15 is 0 Å². The van der Waals surface area contributed by atoms with Crippen LogP contribution in [0.15, 0.2) is 28.4 Å². The van der Waals surface area contributed by atoms with Crippen molar-refractivity contribution in [3.05, 3.63) is 61.1 Å². The molecule has 0 aliphatic rings. The minimum atomic E-state index is -0.254. The number of thiazole rings is 1. The van der Waals surface area contributed by atoms with Crippen molar-refractivity contribution >= 4 is 34.6 Å². The highest BCUT2D eigenvalue weighted by Gasteiger charge is 2.12. The van der Waals surface area contributed by atoms with Crippen LogP contribution in [0.3, 0.4) is 0 Å². The Hall–Kier alpha value is -2.58. The number of aromatic amines is 2. The highest BCUT2D eigenvalue weighted by Crippen LogP contribution is 2.28. The number of benzene rings is 1. The van der Waals surface area contributed by atoms with Gasteiger partial charge in [0.15, 0.2) is 9.90 Å². The number of hydrogen-bond acceptors (Lipinski definition) is 5. The molecule has 0 fully saturated rings. The number of nitrogens with one attached hydrogen (secondary N) is 3. The number of nitrogens with zero attached hydrogens (tertiary/aromatic N) is 1. The Bertz CT molecular complexity index is 1110. The first-order valence-corrected chi connectivity index (χ1v) is 9.77. The van der Waals surface area contributed by atoms with E-state index in [-0.39, 0.29) is 22.7 Å². The maximum atomic E-state index is 12.3. The van der Waals surface area contributed by atoms with Gasteiger partial charge in [0.05, 0.1) is 5.69 Å². The lowest BCUT2D eigenvalue weighted by molar-refractivity contribution is -0.116.